The Bertz CT molecular complexity index is 308. The van der Waals surface area contributed by atoms with Crippen molar-refractivity contribution >= 4 is 0 Å². The molecule has 0 nitrogen and oxygen atoms in total. The molecule has 0 heterocycles. The van der Waals surface area contributed by atoms with E-state index in [0.29, 0.717) is 0 Å². The Morgan fingerprint density at radius 2 is 1.73 bits per heavy atom. The van der Waals surface area contributed by atoms with Gasteiger partial charge >= 0.3 is 0 Å². The monoisotopic (exact) mass is 200 g/mol. The number of hydrogen-bond donors (Lipinski definition) is 0. The van der Waals surface area contributed by atoms with Crippen molar-refractivity contribution < 1.29 is 0 Å². The van der Waals surface area contributed by atoms with Crippen molar-refractivity contribution in [2.75, 3.05) is 0 Å². The Hall–Kier alpha value is -1.04. The molecule has 0 unspecified atom stereocenters. The maximum Gasteiger partial charge on any atom is -0.0241 e. The lowest BCUT2D eigenvalue weighted by atomic mass is 10.0. The number of hydrogen-bond acceptors (Lipinski definition) is 0. The van der Waals surface area contributed by atoms with Crippen LogP contribution in [-0.2, 0) is 6.42 Å². The largest absolute Gasteiger partial charge is 0.0853 e. The first-order valence-corrected chi connectivity index (χ1v) is 6.17. The van der Waals surface area contributed by atoms with E-state index in [-0.39, 0.29) is 0 Å². The maximum atomic E-state index is 2.48. The second kappa shape index (κ2) is 5.75. The molecule has 2 rings (SSSR count). The first-order valence-electron chi connectivity index (χ1n) is 6.17. The second-order valence-electron chi connectivity index (χ2n) is 4.45. The van der Waals surface area contributed by atoms with Gasteiger partial charge in [-0.15, -0.1) is 0 Å². The molecule has 0 amide bonds. The molecule has 0 aliphatic heterocycles. The van der Waals surface area contributed by atoms with Crippen molar-refractivity contribution in [3.63, 3.8) is 0 Å². The maximum absolute atomic E-state index is 2.48. The topological polar surface area (TPSA) is 0 Å². The Morgan fingerprint density at radius 3 is 2.60 bits per heavy atom. The Balaban J connectivity index is 1.84. The van der Waals surface area contributed by atoms with E-state index in [1.165, 1.54) is 50.5 Å². The summed E-state index contributed by atoms with van der Waals surface area (Å²) in [5, 5.41) is 0. The van der Waals surface area contributed by atoms with Crippen LogP contribution in [0.25, 0.3) is 0 Å². The van der Waals surface area contributed by atoms with Gasteiger partial charge in [0.25, 0.3) is 0 Å². The summed E-state index contributed by atoms with van der Waals surface area (Å²) in [6.07, 6.45) is 11.8. The minimum atomic E-state index is 1.21. The third kappa shape index (κ3) is 3.54. The Morgan fingerprint density at radius 1 is 0.867 bits per heavy atom. The lowest BCUT2D eigenvalue weighted by Gasteiger charge is -2.05. The van der Waals surface area contributed by atoms with E-state index in [1.54, 1.807) is 5.57 Å². The first-order chi connectivity index (χ1) is 7.45. The summed E-state index contributed by atoms with van der Waals surface area (Å²) in [6, 6.07) is 10.8. The lowest BCUT2D eigenvalue weighted by molar-refractivity contribution is 0.701. The van der Waals surface area contributed by atoms with Crippen LogP contribution in [0.5, 0.6) is 0 Å². The fourth-order valence-corrected chi connectivity index (χ4v) is 2.26. The van der Waals surface area contributed by atoms with Crippen LogP contribution in [0.3, 0.4) is 0 Å². The molecule has 0 spiro atoms. The zero-order valence-electron chi connectivity index (χ0n) is 9.41. The van der Waals surface area contributed by atoms with Crippen molar-refractivity contribution in [2.24, 2.45) is 0 Å². The number of rotatable bonds is 3. The summed E-state index contributed by atoms with van der Waals surface area (Å²) in [7, 11) is 0. The van der Waals surface area contributed by atoms with Gasteiger partial charge in [0.05, 0.1) is 0 Å². The molecule has 0 aromatic heterocycles. The molecule has 1 aromatic carbocycles. The van der Waals surface area contributed by atoms with Gasteiger partial charge in [0, 0.05) is 0 Å². The number of benzene rings is 1. The average molecular weight is 200 g/mol. The molecule has 0 bridgehead atoms. The van der Waals surface area contributed by atoms with Crippen LogP contribution in [0.1, 0.15) is 44.1 Å². The molecule has 0 saturated heterocycles. The average Bonchev–Trinajstić information content (AvgIpc) is 2.56. The molecule has 15 heavy (non-hydrogen) atoms. The third-order valence-corrected chi connectivity index (χ3v) is 3.21. The van der Waals surface area contributed by atoms with Crippen LogP contribution in [0.2, 0.25) is 0 Å². The van der Waals surface area contributed by atoms with Crippen molar-refractivity contribution in [1.82, 2.24) is 0 Å². The van der Waals surface area contributed by atoms with Gasteiger partial charge in [0.2, 0.25) is 0 Å². The van der Waals surface area contributed by atoms with E-state index in [0.717, 1.165) is 0 Å². The zero-order chi connectivity index (χ0) is 10.3. The Labute approximate surface area is 93.0 Å². The van der Waals surface area contributed by atoms with Gasteiger partial charge < -0.3 is 0 Å². The summed E-state index contributed by atoms with van der Waals surface area (Å²) in [5.41, 5.74) is 3.17. The summed E-state index contributed by atoms with van der Waals surface area (Å²) in [5.74, 6) is 0. The van der Waals surface area contributed by atoms with Gasteiger partial charge in [0.1, 0.15) is 0 Å². The molecule has 80 valence electrons. The predicted octanol–water partition coefficient (Wildman–Crippen LogP) is 4.51. The van der Waals surface area contributed by atoms with E-state index in [1.807, 2.05) is 0 Å². The van der Waals surface area contributed by atoms with Crippen LogP contribution in [-0.4, -0.2) is 0 Å². The highest BCUT2D eigenvalue weighted by Gasteiger charge is 2.02. The van der Waals surface area contributed by atoms with Crippen LogP contribution in [0.15, 0.2) is 42.0 Å². The molecule has 1 aliphatic rings. The van der Waals surface area contributed by atoms with E-state index < -0.39 is 0 Å². The molecule has 0 N–H and O–H groups in total. The molecule has 0 heteroatoms. The fourth-order valence-electron chi connectivity index (χ4n) is 2.26. The highest BCUT2D eigenvalue weighted by molar-refractivity contribution is 5.17. The molecule has 1 aliphatic carbocycles. The van der Waals surface area contributed by atoms with Gasteiger partial charge in [-0.1, -0.05) is 48.4 Å². The molecule has 0 fully saturated rings. The van der Waals surface area contributed by atoms with E-state index in [9.17, 15) is 0 Å². The van der Waals surface area contributed by atoms with Gasteiger partial charge in [-0.05, 0) is 44.1 Å². The van der Waals surface area contributed by atoms with E-state index in [2.05, 4.69) is 36.4 Å². The quantitative estimate of drug-likeness (QED) is 0.630. The smallest absolute Gasteiger partial charge is 0.0241 e. The summed E-state index contributed by atoms with van der Waals surface area (Å²) < 4.78 is 0. The summed E-state index contributed by atoms with van der Waals surface area (Å²) >= 11 is 0. The SMILES string of the molecule is C1=C(CCc2ccccc2)CCCCC1. The summed E-state index contributed by atoms with van der Waals surface area (Å²) in [4.78, 5) is 0. The van der Waals surface area contributed by atoms with Crippen LogP contribution < -0.4 is 0 Å². The minimum Gasteiger partial charge on any atom is -0.0853 e. The first kappa shape index (κ1) is 10.5. The Kier molecular flexibility index (Phi) is 4.01. The molecule has 1 aromatic rings. The summed E-state index contributed by atoms with van der Waals surface area (Å²) in [6.45, 7) is 0. The standard InChI is InChI=1S/C15H20/c1-2-5-9-14(8-4-1)12-13-15-10-6-3-7-11-15/h3,6-8,10-11H,1-2,4-5,9,12-13H2. The van der Waals surface area contributed by atoms with Crippen LogP contribution >= 0.6 is 0 Å². The second-order valence-corrected chi connectivity index (χ2v) is 4.45. The normalized spacial score (nSPS) is 16.9. The highest BCUT2D eigenvalue weighted by atomic mass is 14.1. The van der Waals surface area contributed by atoms with Crippen LogP contribution in [0.4, 0.5) is 0 Å². The minimum absolute atomic E-state index is 1.21. The van der Waals surface area contributed by atoms with Gasteiger partial charge in [-0.25, -0.2) is 0 Å². The van der Waals surface area contributed by atoms with Crippen molar-refractivity contribution in [2.45, 2.75) is 44.9 Å². The zero-order valence-corrected chi connectivity index (χ0v) is 9.41. The molecular weight excluding hydrogens is 180 g/mol. The van der Waals surface area contributed by atoms with Crippen LogP contribution in [0, 0.1) is 0 Å². The fraction of sp³-hybridized carbons (Fsp3) is 0.467. The van der Waals surface area contributed by atoms with E-state index in [4.69, 9.17) is 0 Å². The van der Waals surface area contributed by atoms with Gasteiger partial charge in [0.15, 0.2) is 0 Å². The van der Waals surface area contributed by atoms with Crippen molar-refractivity contribution in [3.05, 3.63) is 47.5 Å². The number of aryl methyl sites for hydroxylation is 1. The van der Waals surface area contributed by atoms with Crippen molar-refractivity contribution in [3.8, 4) is 0 Å². The third-order valence-electron chi connectivity index (χ3n) is 3.21. The molecular formula is C15H20. The van der Waals surface area contributed by atoms with Gasteiger partial charge in [-0.3, -0.25) is 0 Å². The number of allylic oxidation sites excluding steroid dienone is 2. The van der Waals surface area contributed by atoms with Gasteiger partial charge in [-0.2, -0.15) is 0 Å². The lowest BCUT2D eigenvalue weighted by Crippen LogP contribution is -1.88. The highest BCUT2D eigenvalue weighted by Crippen LogP contribution is 2.21. The predicted molar refractivity (Wildman–Crippen MR) is 65.9 cm³/mol. The van der Waals surface area contributed by atoms with E-state index >= 15 is 0 Å². The molecule has 0 atom stereocenters. The van der Waals surface area contributed by atoms with Crippen molar-refractivity contribution in [1.29, 1.82) is 0 Å². The molecule has 0 saturated carbocycles. The molecule has 0 radical (unpaired) electrons.